The third-order valence-corrected chi connectivity index (χ3v) is 10.6. The average Bonchev–Trinajstić information content (AvgIpc) is 3.33. The summed E-state index contributed by atoms with van der Waals surface area (Å²) in [6.07, 6.45) is 11.3. The number of benzene rings is 2. The smallest absolute Gasteiger partial charge is 0.211 e. The van der Waals surface area contributed by atoms with Crippen molar-refractivity contribution in [1.29, 1.82) is 0 Å². The number of aryl methyl sites for hydroxylation is 1. The van der Waals surface area contributed by atoms with Crippen molar-refractivity contribution < 1.29 is 13.2 Å². The van der Waals surface area contributed by atoms with Crippen LogP contribution in [0.3, 0.4) is 0 Å². The number of likely N-dealkylation sites (tertiary alicyclic amines) is 1. The summed E-state index contributed by atoms with van der Waals surface area (Å²) in [6.45, 7) is 6.19. The van der Waals surface area contributed by atoms with Gasteiger partial charge in [-0.3, -0.25) is 4.79 Å². The molecule has 9 heteroatoms. The molecule has 7 nitrogen and oxygen atoms in total. The number of nitrogens with two attached hydrogens (primary N) is 1. The molecule has 0 amide bonds. The molecule has 3 aromatic rings. The Morgan fingerprint density at radius 3 is 2.50 bits per heavy atom. The van der Waals surface area contributed by atoms with Crippen molar-refractivity contribution in [1.82, 2.24) is 13.8 Å². The van der Waals surface area contributed by atoms with Crippen molar-refractivity contribution in [2.24, 2.45) is 11.7 Å². The number of fused-ring (bicyclic) bond motifs is 1. The van der Waals surface area contributed by atoms with E-state index < -0.39 is 10.0 Å². The van der Waals surface area contributed by atoms with E-state index in [9.17, 15) is 13.2 Å². The van der Waals surface area contributed by atoms with Gasteiger partial charge in [0.2, 0.25) is 10.0 Å². The second-order valence-corrected chi connectivity index (χ2v) is 14.5. The predicted octanol–water partition coefficient (Wildman–Crippen LogP) is 5.55. The molecule has 0 aliphatic carbocycles. The van der Waals surface area contributed by atoms with Crippen LogP contribution in [0.1, 0.15) is 69.0 Å². The van der Waals surface area contributed by atoms with Crippen LogP contribution >= 0.6 is 12.2 Å². The zero-order chi connectivity index (χ0) is 29.9. The highest BCUT2D eigenvalue weighted by atomic mass is 32.2. The van der Waals surface area contributed by atoms with Crippen molar-refractivity contribution in [3.63, 3.8) is 0 Å². The first-order chi connectivity index (χ1) is 20.1. The Balaban J connectivity index is 1.33. The van der Waals surface area contributed by atoms with Crippen LogP contribution in [0.25, 0.3) is 22.0 Å². The number of unbranched alkanes of at least 4 members (excludes halogenated alkanes) is 3. The van der Waals surface area contributed by atoms with Gasteiger partial charge in [0, 0.05) is 72.8 Å². The molecule has 2 aromatic carbocycles. The minimum Gasteiger partial charge on any atom is -0.389 e. The number of ketones is 1. The molecule has 2 fully saturated rings. The van der Waals surface area contributed by atoms with Crippen molar-refractivity contribution in [3.8, 4) is 11.1 Å². The Morgan fingerprint density at radius 2 is 1.81 bits per heavy atom. The molecule has 0 unspecified atom stereocenters. The minimum absolute atomic E-state index is 0.177. The fourth-order valence-electron chi connectivity index (χ4n) is 6.47. The van der Waals surface area contributed by atoms with Gasteiger partial charge in [-0.2, -0.15) is 0 Å². The first-order valence-corrected chi connectivity index (χ1v) is 17.6. The summed E-state index contributed by atoms with van der Waals surface area (Å²) in [5, 5.41) is 1.13. The second-order valence-electron chi connectivity index (χ2n) is 12.1. The molecule has 0 saturated carbocycles. The van der Waals surface area contributed by atoms with Crippen molar-refractivity contribution in [2.45, 2.75) is 64.3 Å². The zero-order valence-corrected chi connectivity index (χ0v) is 26.6. The van der Waals surface area contributed by atoms with Crippen LogP contribution < -0.4 is 5.73 Å². The summed E-state index contributed by atoms with van der Waals surface area (Å²) >= 11 is 5.24. The molecule has 42 heavy (non-hydrogen) atoms. The van der Waals surface area contributed by atoms with Crippen LogP contribution in [0.4, 0.5) is 0 Å². The molecule has 2 saturated heterocycles. The number of Topliss-reactive ketones (excluding diaryl/α,β-unsaturated/α-hetero) is 1. The Kier molecular flexibility index (Phi) is 9.82. The molecule has 1 aromatic heterocycles. The van der Waals surface area contributed by atoms with Gasteiger partial charge in [-0.05, 0) is 55.5 Å². The van der Waals surface area contributed by atoms with Gasteiger partial charge in [-0.1, -0.05) is 68.7 Å². The van der Waals surface area contributed by atoms with Gasteiger partial charge >= 0.3 is 0 Å². The Morgan fingerprint density at radius 1 is 1.05 bits per heavy atom. The van der Waals surface area contributed by atoms with Gasteiger partial charge < -0.3 is 15.2 Å². The van der Waals surface area contributed by atoms with Crippen LogP contribution in [0.5, 0.6) is 0 Å². The Bertz CT molecular complexity index is 1530. The maximum Gasteiger partial charge on any atom is 0.211 e. The summed E-state index contributed by atoms with van der Waals surface area (Å²) in [4.78, 5) is 15.8. The van der Waals surface area contributed by atoms with Gasteiger partial charge in [0.1, 0.15) is 10.8 Å². The van der Waals surface area contributed by atoms with Gasteiger partial charge in [0.15, 0.2) is 0 Å². The van der Waals surface area contributed by atoms with Crippen LogP contribution in [-0.4, -0.2) is 71.9 Å². The molecular formula is C33H44N4O3S2. The normalized spacial score (nSPS) is 17.5. The van der Waals surface area contributed by atoms with E-state index in [1.807, 2.05) is 18.2 Å². The summed E-state index contributed by atoms with van der Waals surface area (Å²) in [7, 11) is -3.20. The van der Waals surface area contributed by atoms with E-state index in [1.54, 1.807) is 4.31 Å². The summed E-state index contributed by atoms with van der Waals surface area (Å²) in [5.41, 5.74) is 11.2. The molecular weight excluding hydrogens is 565 g/mol. The van der Waals surface area contributed by atoms with Crippen LogP contribution in [-0.2, 0) is 21.2 Å². The first kappa shape index (κ1) is 30.9. The molecule has 5 rings (SSSR count). The van der Waals surface area contributed by atoms with E-state index in [-0.39, 0.29) is 12.0 Å². The highest BCUT2D eigenvalue weighted by Gasteiger charge is 2.31. The minimum atomic E-state index is -3.20. The summed E-state index contributed by atoms with van der Waals surface area (Å²) in [6, 6.07) is 14.7. The van der Waals surface area contributed by atoms with Gasteiger partial charge in [-0.25, -0.2) is 12.7 Å². The lowest BCUT2D eigenvalue weighted by Crippen LogP contribution is -2.50. The van der Waals surface area contributed by atoms with E-state index in [0.29, 0.717) is 30.3 Å². The number of sulfonamides is 1. The number of rotatable bonds is 13. The number of hydrogen-bond donors (Lipinski definition) is 1. The van der Waals surface area contributed by atoms with E-state index in [2.05, 4.69) is 46.9 Å². The maximum atomic E-state index is 13.0. The largest absolute Gasteiger partial charge is 0.389 e. The third kappa shape index (κ3) is 7.13. The number of thiocarbonyl (C=S) groups is 1. The Labute approximate surface area is 256 Å². The lowest BCUT2D eigenvalue weighted by atomic mass is 9.91. The fraction of sp³-hybridized carbons (Fsp3) is 0.515. The SMILES string of the molecule is CCCCCCN1CC(C(=O)CCc2ccc3c(-c4cccc(C(N)=S)c4)cn(C4CCN(S(C)(=O)=O)CC4)c3c2)C1. The lowest BCUT2D eigenvalue weighted by Gasteiger charge is -2.38. The second kappa shape index (κ2) is 13.4. The molecule has 3 heterocycles. The van der Waals surface area contributed by atoms with Crippen LogP contribution in [0.15, 0.2) is 48.7 Å². The molecule has 0 bridgehead atoms. The molecule has 226 valence electrons. The van der Waals surface area contributed by atoms with Crippen molar-refractivity contribution >= 4 is 43.9 Å². The third-order valence-electron chi connectivity index (χ3n) is 9.04. The van der Waals surface area contributed by atoms with E-state index in [4.69, 9.17) is 18.0 Å². The number of aromatic nitrogens is 1. The molecule has 0 radical (unpaired) electrons. The average molecular weight is 609 g/mol. The molecule has 0 atom stereocenters. The zero-order valence-electron chi connectivity index (χ0n) is 24.9. The van der Waals surface area contributed by atoms with Crippen LogP contribution in [0.2, 0.25) is 0 Å². The number of carbonyl (C=O) groups is 1. The monoisotopic (exact) mass is 608 g/mol. The highest BCUT2D eigenvalue weighted by molar-refractivity contribution is 7.88. The Hall–Kier alpha value is -2.59. The molecule has 0 spiro atoms. The van der Waals surface area contributed by atoms with E-state index in [1.165, 1.54) is 31.9 Å². The fourth-order valence-corrected chi connectivity index (χ4v) is 7.47. The first-order valence-electron chi connectivity index (χ1n) is 15.4. The summed E-state index contributed by atoms with van der Waals surface area (Å²) in [5.74, 6) is 0.551. The van der Waals surface area contributed by atoms with E-state index in [0.717, 1.165) is 72.1 Å². The number of hydrogen-bond acceptors (Lipinski definition) is 5. The van der Waals surface area contributed by atoms with Crippen molar-refractivity contribution in [3.05, 3.63) is 59.8 Å². The molecule has 2 N–H and O–H groups in total. The van der Waals surface area contributed by atoms with Crippen LogP contribution in [0, 0.1) is 5.92 Å². The highest BCUT2D eigenvalue weighted by Crippen LogP contribution is 2.37. The topological polar surface area (TPSA) is 88.6 Å². The van der Waals surface area contributed by atoms with Crippen molar-refractivity contribution in [2.75, 3.05) is 39.0 Å². The van der Waals surface area contributed by atoms with Gasteiger partial charge in [0.05, 0.1) is 6.26 Å². The quantitative estimate of drug-likeness (QED) is 0.202. The molecule has 2 aliphatic rings. The van der Waals surface area contributed by atoms with E-state index >= 15 is 0 Å². The molecule has 2 aliphatic heterocycles. The van der Waals surface area contributed by atoms with Gasteiger partial charge in [0.25, 0.3) is 0 Å². The lowest BCUT2D eigenvalue weighted by molar-refractivity contribution is -0.127. The predicted molar refractivity (Wildman–Crippen MR) is 175 cm³/mol. The number of piperidine rings is 1. The number of nitrogens with zero attached hydrogens (tertiary/aromatic N) is 3. The maximum absolute atomic E-state index is 13.0. The standard InChI is InChI=1S/C33H44N4O3S2/c1-3-4-5-6-16-35-21-27(22-35)32(38)13-11-24-10-12-29-30(25-8-7-9-26(20-25)33(34)41)23-37(31(29)19-24)28-14-17-36(18-15-28)42(2,39)40/h7-10,12,19-20,23,27-28H,3-6,11,13-18,21-22H2,1-2H3,(H2,34,41). The van der Waals surface area contributed by atoms with Gasteiger partial charge in [-0.15, -0.1) is 0 Å². The summed E-state index contributed by atoms with van der Waals surface area (Å²) < 4.78 is 28.1. The number of carbonyl (C=O) groups excluding carboxylic acids is 1.